The fourth-order valence-corrected chi connectivity index (χ4v) is 2.69. The van der Waals surface area contributed by atoms with Gasteiger partial charge in [-0.15, -0.1) is 0 Å². The van der Waals surface area contributed by atoms with Crippen LogP contribution in [0.2, 0.25) is 5.02 Å². The van der Waals surface area contributed by atoms with Crippen LogP contribution in [0.1, 0.15) is 10.4 Å². The van der Waals surface area contributed by atoms with Gasteiger partial charge >= 0.3 is 0 Å². The Kier molecular flexibility index (Phi) is 5.10. The molecule has 0 aliphatic carbocycles. The summed E-state index contributed by atoms with van der Waals surface area (Å²) >= 11 is 5.89. The fraction of sp³-hybridized carbons (Fsp3) is 0.294. The average Bonchev–Trinajstić information content (AvgIpc) is 2.61. The number of aromatic nitrogens is 1. The molecule has 0 bridgehead atoms. The Bertz CT molecular complexity index is 649. The van der Waals surface area contributed by atoms with Gasteiger partial charge in [0.15, 0.2) is 0 Å². The Morgan fingerprint density at radius 3 is 2.91 bits per heavy atom. The summed E-state index contributed by atoms with van der Waals surface area (Å²) in [4.78, 5) is 18.6. The Hall–Kier alpha value is -2.11. The van der Waals surface area contributed by atoms with Crippen LogP contribution in [-0.4, -0.2) is 48.1 Å². The number of halogens is 1. The second-order valence-corrected chi connectivity index (χ2v) is 5.80. The predicted molar refractivity (Wildman–Crippen MR) is 88.9 cm³/mol. The maximum absolute atomic E-state index is 12.7. The molecule has 23 heavy (non-hydrogen) atoms. The summed E-state index contributed by atoms with van der Waals surface area (Å²) < 4.78 is 5.76. The number of amides is 1. The topological polar surface area (TPSA) is 54.5 Å². The van der Waals surface area contributed by atoms with Crippen molar-refractivity contribution in [3.05, 3.63) is 59.4 Å². The zero-order valence-corrected chi connectivity index (χ0v) is 13.4. The number of hydrogen-bond acceptors (Lipinski definition) is 4. The van der Waals surface area contributed by atoms with Crippen LogP contribution in [0.4, 0.5) is 0 Å². The number of benzene rings is 1. The highest BCUT2D eigenvalue weighted by atomic mass is 35.5. The lowest BCUT2D eigenvalue weighted by Crippen LogP contribution is -2.55. The molecule has 1 unspecified atom stereocenters. The van der Waals surface area contributed by atoms with Crippen LogP contribution in [0.3, 0.4) is 0 Å². The van der Waals surface area contributed by atoms with Crippen molar-refractivity contribution in [2.24, 2.45) is 0 Å². The molecule has 1 amide bonds. The van der Waals surface area contributed by atoms with Gasteiger partial charge < -0.3 is 15.0 Å². The molecule has 1 aromatic carbocycles. The molecule has 0 spiro atoms. The van der Waals surface area contributed by atoms with Crippen LogP contribution in [0.25, 0.3) is 0 Å². The van der Waals surface area contributed by atoms with E-state index in [0.29, 0.717) is 36.0 Å². The molecule has 5 nitrogen and oxygen atoms in total. The second-order valence-electron chi connectivity index (χ2n) is 5.36. The molecular weight excluding hydrogens is 314 g/mol. The van der Waals surface area contributed by atoms with E-state index in [1.54, 1.807) is 36.7 Å². The summed E-state index contributed by atoms with van der Waals surface area (Å²) in [5.41, 5.74) is 0.641. The minimum absolute atomic E-state index is 0.00273. The molecule has 0 radical (unpaired) electrons. The Morgan fingerprint density at radius 2 is 2.17 bits per heavy atom. The summed E-state index contributed by atoms with van der Waals surface area (Å²) in [5.74, 6) is 0.708. The SMILES string of the molecule is O=C(c1ccc(Cl)cc1)N1CCNCC1COc1cccnc1. The number of nitrogens with one attached hydrogen (secondary N) is 1. The van der Waals surface area contributed by atoms with Crippen molar-refractivity contribution in [2.75, 3.05) is 26.2 Å². The highest BCUT2D eigenvalue weighted by Crippen LogP contribution is 2.15. The number of rotatable bonds is 4. The number of pyridine rings is 1. The summed E-state index contributed by atoms with van der Waals surface area (Å²) in [6, 6.07) is 10.6. The number of nitrogens with zero attached hydrogens (tertiary/aromatic N) is 2. The molecule has 1 N–H and O–H groups in total. The molecule has 1 aliphatic heterocycles. The minimum Gasteiger partial charge on any atom is -0.490 e. The normalized spacial score (nSPS) is 17.8. The maximum Gasteiger partial charge on any atom is 0.254 e. The molecule has 1 aromatic heterocycles. The van der Waals surface area contributed by atoms with Crippen LogP contribution >= 0.6 is 11.6 Å². The van der Waals surface area contributed by atoms with Gasteiger partial charge in [0.25, 0.3) is 5.91 Å². The first kappa shape index (κ1) is 15.8. The van der Waals surface area contributed by atoms with E-state index >= 15 is 0 Å². The Balaban J connectivity index is 1.68. The number of hydrogen-bond donors (Lipinski definition) is 1. The molecule has 1 fully saturated rings. The van der Waals surface area contributed by atoms with Crippen LogP contribution in [-0.2, 0) is 0 Å². The summed E-state index contributed by atoms with van der Waals surface area (Å²) in [7, 11) is 0. The second kappa shape index (κ2) is 7.44. The lowest BCUT2D eigenvalue weighted by molar-refractivity contribution is 0.0559. The minimum atomic E-state index is -0.0212. The zero-order chi connectivity index (χ0) is 16.1. The van der Waals surface area contributed by atoms with Crippen molar-refractivity contribution in [3.63, 3.8) is 0 Å². The monoisotopic (exact) mass is 331 g/mol. The summed E-state index contributed by atoms with van der Waals surface area (Å²) in [5, 5.41) is 3.93. The van der Waals surface area contributed by atoms with Gasteiger partial charge in [-0.2, -0.15) is 0 Å². The van der Waals surface area contributed by atoms with Crippen molar-refractivity contribution in [3.8, 4) is 5.75 Å². The molecule has 6 heteroatoms. The van der Waals surface area contributed by atoms with Crippen molar-refractivity contribution < 1.29 is 9.53 Å². The summed E-state index contributed by atoms with van der Waals surface area (Å²) in [6.45, 7) is 2.57. The van der Waals surface area contributed by atoms with E-state index in [9.17, 15) is 4.79 Å². The lowest BCUT2D eigenvalue weighted by atomic mass is 10.1. The number of piperazine rings is 1. The van der Waals surface area contributed by atoms with Gasteiger partial charge in [-0.1, -0.05) is 11.6 Å². The van der Waals surface area contributed by atoms with Crippen molar-refractivity contribution in [1.29, 1.82) is 0 Å². The first-order valence-corrected chi connectivity index (χ1v) is 7.92. The van der Waals surface area contributed by atoms with Crippen LogP contribution in [0.15, 0.2) is 48.8 Å². The maximum atomic E-state index is 12.7. The average molecular weight is 332 g/mol. The van der Waals surface area contributed by atoms with E-state index in [0.717, 1.165) is 6.54 Å². The lowest BCUT2D eigenvalue weighted by Gasteiger charge is -2.36. The van der Waals surface area contributed by atoms with Gasteiger partial charge in [0, 0.05) is 36.4 Å². The molecule has 1 aliphatic rings. The molecular formula is C17H18ClN3O2. The molecule has 1 saturated heterocycles. The molecule has 2 heterocycles. The third kappa shape index (κ3) is 4.00. The molecule has 1 atom stereocenters. The van der Waals surface area contributed by atoms with E-state index in [-0.39, 0.29) is 11.9 Å². The molecule has 0 saturated carbocycles. The largest absolute Gasteiger partial charge is 0.490 e. The van der Waals surface area contributed by atoms with Crippen LogP contribution in [0, 0.1) is 0 Å². The quantitative estimate of drug-likeness (QED) is 0.933. The van der Waals surface area contributed by atoms with Crippen LogP contribution < -0.4 is 10.1 Å². The Labute approximate surface area is 140 Å². The van der Waals surface area contributed by atoms with Crippen molar-refractivity contribution in [1.82, 2.24) is 15.2 Å². The van der Waals surface area contributed by atoms with Gasteiger partial charge in [-0.05, 0) is 36.4 Å². The van der Waals surface area contributed by atoms with E-state index in [1.807, 2.05) is 17.0 Å². The van der Waals surface area contributed by atoms with E-state index in [2.05, 4.69) is 10.3 Å². The van der Waals surface area contributed by atoms with Crippen LogP contribution in [0.5, 0.6) is 5.75 Å². The van der Waals surface area contributed by atoms with Crippen molar-refractivity contribution >= 4 is 17.5 Å². The first-order chi connectivity index (χ1) is 11.2. The molecule has 120 valence electrons. The predicted octanol–water partition coefficient (Wildman–Crippen LogP) is 2.23. The highest BCUT2D eigenvalue weighted by molar-refractivity contribution is 6.30. The van der Waals surface area contributed by atoms with Gasteiger partial charge in [0.05, 0.1) is 12.2 Å². The van der Waals surface area contributed by atoms with Gasteiger partial charge in [0.1, 0.15) is 12.4 Å². The number of ether oxygens (including phenoxy) is 1. The standard InChI is InChI=1S/C17H18ClN3O2/c18-14-5-3-13(4-6-14)17(22)21-9-8-20-10-15(21)12-23-16-2-1-7-19-11-16/h1-7,11,15,20H,8-10,12H2. The first-order valence-electron chi connectivity index (χ1n) is 7.54. The smallest absolute Gasteiger partial charge is 0.254 e. The van der Waals surface area contributed by atoms with E-state index < -0.39 is 0 Å². The number of carbonyl (C=O) groups excluding carboxylic acids is 1. The third-order valence-corrected chi connectivity index (χ3v) is 4.03. The van der Waals surface area contributed by atoms with Gasteiger partial charge in [0.2, 0.25) is 0 Å². The molecule has 3 rings (SSSR count). The molecule has 2 aromatic rings. The van der Waals surface area contributed by atoms with Gasteiger partial charge in [-0.25, -0.2) is 0 Å². The fourth-order valence-electron chi connectivity index (χ4n) is 2.56. The van der Waals surface area contributed by atoms with Crippen molar-refractivity contribution in [2.45, 2.75) is 6.04 Å². The Morgan fingerprint density at radius 1 is 1.35 bits per heavy atom. The van der Waals surface area contributed by atoms with E-state index in [4.69, 9.17) is 16.3 Å². The van der Waals surface area contributed by atoms with Gasteiger partial charge in [-0.3, -0.25) is 9.78 Å². The zero-order valence-electron chi connectivity index (χ0n) is 12.6. The highest BCUT2D eigenvalue weighted by Gasteiger charge is 2.27. The van der Waals surface area contributed by atoms with E-state index in [1.165, 1.54) is 0 Å². The summed E-state index contributed by atoms with van der Waals surface area (Å²) in [6.07, 6.45) is 3.37. The third-order valence-electron chi connectivity index (χ3n) is 3.78. The number of carbonyl (C=O) groups is 1.